The van der Waals surface area contributed by atoms with Crippen LogP contribution in [0.25, 0.3) is 17.1 Å². The first kappa shape index (κ1) is 21.4. The summed E-state index contributed by atoms with van der Waals surface area (Å²) in [5.41, 5.74) is 4.26. The fourth-order valence-corrected chi connectivity index (χ4v) is 3.71. The van der Waals surface area contributed by atoms with Crippen LogP contribution in [0.1, 0.15) is 29.4 Å². The Morgan fingerprint density at radius 3 is 2.47 bits per heavy atom. The number of carbonyl (C=O) groups is 1. The van der Waals surface area contributed by atoms with E-state index < -0.39 is 0 Å². The highest BCUT2D eigenvalue weighted by Gasteiger charge is 2.20. The summed E-state index contributed by atoms with van der Waals surface area (Å²) >= 11 is 0. The minimum Gasteiger partial charge on any atom is -0.497 e. The molecule has 0 fully saturated rings. The van der Waals surface area contributed by atoms with Gasteiger partial charge in [-0.3, -0.25) is 4.79 Å². The molecule has 1 atom stereocenters. The van der Waals surface area contributed by atoms with E-state index in [0.29, 0.717) is 5.69 Å². The van der Waals surface area contributed by atoms with E-state index >= 15 is 0 Å². The van der Waals surface area contributed by atoms with Crippen molar-refractivity contribution in [1.82, 2.24) is 19.7 Å². The molecule has 32 heavy (non-hydrogen) atoms. The van der Waals surface area contributed by atoms with Crippen LogP contribution in [0.4, 0.5) is 0 Å². The lowest BCUT2D eigenvalue weighted by Gasteiger charge is -2.15. The fourth-order valence-electron chi connectivity index (χ4n) is 3.71. The van der Waals surface area contributed by atoms with Crippen LogP contribution < -0.4 is 10.1 Å². The van der Waals surface area contributed by atoms with Crippen LogP contribution in [0.3, 0.4) is 0 Å². The monoisotopic (exact) mass is 428 g/mol. The maximum absolute atomic E-state index is 13.2. The number of amides is 1. The first-order valence-electron chi connectivity index (χ1n) is 10.8. The summed E-state index contributed by atoms with van der Waals surface area (Å²) in [5, 5.41) is 7.90. The molecule has 0 spiro atoms. The molecule has 0 bridgehead atoms. The molecule has 1 amide bonds. The number of benzene rings is 2. The van der Waals surface area contributed by atoms with Crippen LogP contribution >= 0.6 is 0 Å². The third-order valence-corrected chi connectivity index (χ3v) is 5.55. The van der Waals surface area contributed by atoms with Crippen molar-refractivity contribution in [3.05, 3.63) is 90.3 Å². The lowest BCUT2D eigenvalue weighted by molar-refractivity contribution is 0.0930. The van der Waals surface area contributed by atoms with Crippen LogP contribution in [0.5, 0.6) is 5.75 Å². The predicted molar refractivity (Wildman–Crippen MR) is 126 cm³/mol. The third-order valence-electron chi connectivity index (χ3n) is 5.55. The Morgan fingerprint density at radius 2 is 1.81 bits per heavy atom. The van der Waals surface area contributed by atoms with E-state index in [2.05, 4.69) is 17.4 Å². The average Bonchev–Trinajstić information content (AvgIpc) is 3.45. The summed E-state index contributed by atoms with van der Waals surface area (Å²) in [7, 11) is 3.60. The molecule has 2 heterocycles. The van der Waals surface area contributed by atoms with Crippen molar-refractivity contribution in [2.75, 3.05) is 7.11 Å². The SMILES string of the molecule is COc1ccc(-n2nc(-c3cccn3C)cc2C(=O)NC(C)CCc2ccccc2)cc1. The molecular weight excluding hydrogens is 400 g/mol. The molecule has 6 nitrogen and oxygen atoms in total. The highest BCUT2D eigenvalue weighted by Crippen LogP contribution is 2.23. The van der Waals surface area contributed by atoms with E-state index in [0.717, 1.165) is 35.7 Å². The number of carbonyl (C=O) groups excluding carboxylic acids is 1. The first-order chi connectivity index (χ1) is 15.5. The molecule has 0 aliphatic carbocycles. The lowest BCUT2D eigenvalue weighted by atomic mass is 10.1. The van der Waals surface area contributed by atoms with Gasteiger partial charge in [-0.1, -0.05) is 30.3 Å². The second-order valence-corrected chi connectivity index (χ2v) is 7.93. The molecular formula is C26H28N4O2. The Bertz CT molecular complexity index is 1180. The van der Waals surface area contributed by atoms with Crippen molar-refractivity contribution < 1.29 is 9.53 Å². The van der Waals surface area contributed by atoms with Gasteiger partial charge in [-0.2, -0.15) is 5.10 Å². The molecule has 6 heteroatoms. The maximum atomic E-state index is 13.2. The van der Waals surface area contributed by atoms with E-state index in [1.54, 1.807) is 11.8 Å². The van der Waals surface area contributed by atoms with Crippen molar-refractivity contribution in [3.63, 3.8) is 0 Å². The largest absolute Gasteiger partial charge is 0.497 e. The van der Waals surface area contributed by atoms with E-state index in [-0.39, 0.29) is 11.9 Å². The van der Waals surface area contributed by atoms with Crippen LogP contribution in [0.15, 0.2) is 79.0 Å². The van der Waals surface area contributed by atoms with Crippen molar-refractivity contribution in [1.29, 1.82) is 0 Å². The zero-order chi connectivity index (χ0) is 22.5. The summed E-state index contributed by atoms with van der Waals surface area (Å²) in [5.74, 6) is 0.610. The molecule has 0 aliphatic rings. The Morgan fingerprint density at radius 1 is 1.06 bits per heavy atom. The number of nitrogens with zero attached hydrogens (tertiary/aromatic N) is 3. The second-order valence-electron chi connectivity index (χ2n) is 7.93. The zero-order valence-corrected chi connectivity index (χ0v) is 18.7. The van der Waals surface area contributed by atoms with E-state index in [4.69, 9.17) is 9.84 Å². The van der Waals surface area contributed by atoms with Gasteiger partial charge in [0.1, 0.15) is 17.1 Å². The molecule has 0 radical (unpaired) electrons. The molecule has 4 rings (SSSR count). The normalized spacial score (nSPS) is 11.8. The van der Waals surface area contributed by atoms with Crippen LogP contribution in [0, 0.1) is 0 Å². The first-order valence-corrected chi connectivity index (χ1v) is 10.8. The fraction of sp³-hybridized carbons (Fsp3) is 0.231. The molecule has 2 aromatic carbocycles. The Balaban J connectivity index is 1.58. The van der Waals surface area contributed by atoms with Crippen molar-refractivity contribution in [3.8, 4) is 22.8 Å². The summed E-state index contributed by atoms with van der Waals surface area (Å²) in [6.45, 7) is 2.03. The summed E-state index contributed by atoms with van der Waals surface area (Å²) in [6, 6.07) is 23.7. The van der Waals surface area contributed by atoms with Gasteiger partial charge in [-0.05, 0) is 67.8 Å². The summed E-state index contributed by atoms with van der Waals surface area (Å²) in [4.78, 5) is 13.2. The quantitative estimate of drug-likeness (QED) is 0.445. The van der Waals surface area contributed by atoms with Crippen LogP contribution in [-0.4, -0.2) is 33.4 Å². The number of nitrogens with one attached hydrogen (secondary N) is 1. The average molecular weight is 429 g/mol. The zero-order valence-electron chi connectivity index (χ0n) is 18.7. The molecule has 0 saturated carbocycles. The van der Waals surface area contributed by atoms with E-state index in [1.807, 2.05) is 85.4 Å². The van der Waals surface area contributed by atoms with Gasteiger partial charge in [0.25, 0.3) is 5.91 Å². The van der Waals surface area contributed by atoms with Gasteiger partial charge in [0.05, 0.1) is 18.5 Å². The number of hydrogen-bond donors (Lipinski definition) is 1. The Labute approximate surface area is 188 Å². The predicted octanol–water partition coefficient (Wildman–Crippen LogP) is 4.64. The Kier molecular flexibility index (Phi) is 6.40. The number of methoxy groups -OCH3 is 1. The molecule has 2 aromatic heterocycles. The maximum Gasteiger partial charge on any atom is 0.270 e. The molecule has 0 saturated heterocycles. The van der Waals surface area contributed by atoms with Gasteiger partial charge in [0, 0.05) is 19.3 Å². The van der Waals surface area contributed by atoms with Gasteiger partial charge in [-0.15, -0.1) is 0 Å². The van der Waals surface area contributed by atoms with Gasteiger partial charge in [0.2, 0.25) is 0 Å². The minimum absolute atomic E-state index is 0.0282. The van der Waals surface area contributed by atoms with E-state index in [9.17, 15) is 4.79 Å². The highest BCUT2D eigenvalue weighted by molar-refractivity contribution is 5.94. The van der Waals surface area contributed by atoms with Crippen molar-refractivity contribution in [2.24, 2.45) is 7.05 Å². The third kappa shape index (κ3) is 4.75. The van der Waals surface area contributed by atoms with Crippen molar-refractivity contribution >= 4 is 5.91 Å². The standard InChI is InChI=1S/C26H28N4O2/c1-19(11-12-20-8-5-4-6-9-20)27-26(31)25-18-23(24-10-7-17-29(24)2)28-30(25)21-13-15-22(32-3)16-14-21/h4-10,13-19H,11-12H2,1-3H3,(H,27,31). The van der Waals surface area contributed by atoms with E-state index in [1.165, 1.54) is 5.56 Å². The van der Waals surface area contributed by atoms with Gasteiger partial charge in [-0.25, -0.2) is 4.68 Å². The van der Waals surface area contributed by atoms with Gasteiger partial charge >= 0.3 is 0 Å². The second kappa shape index (κ2) is 9.56. The molecule has 1 N–H and O–H groups in total. The minimum atomic E-state index is -0.144. The van der Waals surface area contributed by atoms with Crippen molar-refractivity contribution in [2.45, 2.75) is 25.8 Å². The lowest BCUT2D eigenvalue weighted by Crippen LogP contribution is -2.34. The molecule has 164 valence electrons. The Hall–Kier alpha value is -3.80. The smallest absolute Gasteiger partial charge is 0.270 e. The number of rotatable bonds is 8. The van der Waals surface area contributed by atoms with Gasteiger partial charge in [0.15, 0.2) is 0 Å². The topological polar surface area (TPSA) is 61.1 Å². The van der Waals surface area contributed by atoms with Crippen LogP contribution in [-0.2, 0) is 13.5 Å². The molecule has 0 aliphatic heterocycles. The summed E-state index contributed by atoms with van der Waals surface area (Å²) in [6.07, 6.45) is 3.73. The molecule has 1 unspecified atom stereocenters. The van der Waals surface area contributed by atoms with Gasteiger partial charge < -0.3 is 14.6 Å². The molecule has 4 aromatic rings. The number of hydrogen-bond acceptors (Lipinski definition) is 3. The number of aryl methyl sites for hydroxylation is 2. The summed E-state index contributed by atoms with van der Waals surface area (Å²) < 4.78 is 8.95. The van der Waals surface area contributed by atoms with Crippen LogP contribution in [0.2, 0.25) is 0 Å². The number of ether oxygens (including phenoxy) is 1. The number of aromatic nitrogens is 3. The highest BCUT2D eigenvalue weighted by atomic mass is 16.5.